The smallest absolute Gasteiger partial charge is 0.307 e. The van der Waals surface area contributed by atoms with Crippen LogP contribution in [0.4, 0.5) is 8.78 Å². The summed E-state index contributed by atoms with van der Waals surface area (Å²) in [5, 5.41) is 4.26. The van der Waals surface area contributed by atoms with Crippen molar-refractivity contribution >= 4 is 6.34 Å². The standard InChI is InChI=1S/C20H20F2N5O4/c1-29-13-7-14(30-2)18(22)16(17(13)21)20-19-12(8-23-10-25-19)26(27(20)28)9-11-4-5-24-15(6-11)31-3/h4-7,10,20H,8-9H2,1-3H3,(H,23,25)/q+1. The summed E-state index contributed by atoms with van der Waals surface area (Å²) in [6.45, 7) is 0.295. The summed E-state index contributed by atoms with van der Waals surface area (Å²) in [7, 11) is 3.99. The van der Waals surface area contributed by atoms with Crippen molar-refractivity contribution < 1.29 is 27.9 Å². The van der Waals surface area contributed by atoms with Gasteiger partial charge in [-0.05, 0) is 11.6 Å². The van der Waals surface area contributed by atoms with Crippen molar-refractivity contribution in [1.29, 1.82) is 0 Å². The van der Waals surface area contributed by atoms with Gasteiger partial charge in [0.1, 0.15) is 28.4 Å². The number of pyridine rings is 1. The first-order chi connectivity index (χ1) is 15.0. The topological polar surface area (TPSA) is 88.3 Å². The van der Waals surface area contributed by atoms with Crippen molar-refractivity contribution in [3.05, 3.63) is 63.5 Å². The van der Waals surface area contributed by atoms with E-state index < -0.39 is 23.2 Å². The van der Waals surface area contributed by atoms with Crippen LogP contribution < -0.4 is 19.5 Å². The van der Waals surface area contributed by atoms with E-state index >= 15 is 8.78 Å². The van der Waals surface area contributed by atoms with Gasteiger partial charge in [0.2, 0.25) is 5.88 Å². The van der Waals surface area contributed by atoms with Crippen molar-refractivity contribution in [2.24, 2.45) is 4.99 Å². The molecule has 31 heavy (non-hydrogen) atoms. The van der Waals surface area contributed by atoms with Gasteiger partial charge in [-0.1, -0.05) is 0 Å². The summed E-state index contributed by atoms with van der Waals surface area (Å²) in [5.41, 5.74) is 1.08. The molecule has 1 unspecified atom stereocenters. The number of benzene rings is 1. The third kappa shape index (κ3) is 3.41. The second-order valence-electron chi connectivity index (χ2n) is 6.77. The second-order valence-corrected chi connectivity index (χ2v) is 6.77. The minimum atomic E-state index is -1.32. The quantitative estimate of drug-likeness (QED) is 0.702. The molecular formula is C20H20F2N5O4+. The van der Waals surface area contributed by atoms with Crippen LogP contribution in [0.3, 0.4) is 0 Å². The van der Waals surface area contributed by atoms with Crippen LogP contribution in [-0.4, -0.2) is 49.1 Å². The molecule has 0 saturated heterocycles. The largest absolute Gasteiger partial charge is 0.494 e. The highest BCUT2D eigenvalue weighted by molar-refractivity contribution is 5.61. The molecule has 0 saturated carbocycles. The van der Waals surface area contributed by atoms with Crippen LogP contribution >= 0.6 is 0 Å². The van der Waals surface area contributed by atoms with Gasteiger partial charge in [0.05, 0.1) is 39.1 Å². The molecule has 0 bridgehead atoms. The Balaban J connectivity index is 1.80. The number of aromatic nitrogens is 1. The number of rotatable bonds is 6. The van der Waals surface area contributed by atoms with Gasteiger partial charge in [0.15, 0.2) is 23.1 Å². The third-order valence-electron chi connectivity index (χ3n) is 5.13. The Bertz CT molecular complexity index is 1080. The number of halogens is 2. The van der Waals surface area contributed by atoms with E-state index in [0.29, 0.717) is 22.1 Å². The lowest BCUT2D eigenvalue weighted by molar-refractivity contribution is -0.717. The summed E-state index contributed by atoms with van der Waals surface area (Å²) < 4.78 is 45.5. The fraction of sp³-hybridized carbons (Fsp3) is 0.300. The summed E-state index contributed by atoms with van der Waals surface area (Å²) in [6, 6.07) is 3.18. The van der Waals surface area contributed by atoms with Crippen LogP contribution in [0.25, 0.3) is 0 Å². The van der Waals surface area contributed by atoms with Gasteiger partial charge in [-0.15, -0.1) is 5.01 Å². The van der Waals surface area contributed by atoms with Crippen LogP contribution in [0.5, 0.6) is 17.4 Å². The van der Waals surface area contributed by atoms with E-state index in [1.165, 1.54) is 32.7 Å². The molecule has 9 nitrogen and oxygen atoms in total. The zero-order valence-electron chi connectivity index (χ0n) is 17.1. The Morgan fingerprint density at radius 1 is 1.16 bits per heavy atom. The molecule has 1 N–H and O–H groups in total. The number of hydrogen-bond acceptors (Lipinski definition) is 7. The lowest BCUT2D eigenvalue weighted by Crippen LogP contribution is -2.30. The van der Waals surface area contributed by atoms with Gasteiger partial charge in [0.25, 0.3) is 0 Å². The van der Waals surface area contributed by atoms with Gasteiger partial charge >= 0.3 is 6.04 Å². The number of nitrogens with zero attached hydrogens (tertiary/aromatic N) is 4. The number of ether oxygens (including phenoxy) is 3. The first-order valence-corrected chi connectivity index (χ1v) is 9.30. The lowest BCUT2D eigenvalue weighted by atomic mass is 10.0. The maximum Gasteiger partial charge on any atom is 0.307 e. The van der Waals surface area contributed by atoms with Gasteiger partial charge < -0.3 is 19.5 Å². The van der Waals surface area contributed by atoms with Crippen molar-refractivity contribution in [1.82, 2.24) is 15.3 Å². The normalized spacial score (nSPS) is 17.5. The van der Waals surface area contributed by atoms with E-state index in [9.17, 15) is 4.91 Å². The first-order valence-electron chi connectivity index (χ1n) is 9.30. The van der Waals surface area contributed by atoms with Crippen LogP contribution in [0.15, 0.2) is 40.8 Å². The molecule has 1 aromatic heterocycles. The summed E-state index contributed by atoms with van der Waals surface area (Å²) in [5.74, 6) is -2.03. The van der Waals surface area contributed by atoms with Crippen molar-refractivity contribution in [3.63, 3.8) is 0 Å². The molecule has 0 aliphatic carbocycles. The lowest BCUT2D eigenvalue weighted by Gasteiger charge is -2.15. The molecule has 11 heteroatoms. The molecule has 4 rings (SSSR count). The Kier molecular flexibility index (Phi) is 5.40. The average molecular weight is 432 g/mol. The predicted molar refractivity (Wildman–Crippen MR) is 106 cm³/mol. The van der Waals surface area contributed by atoms with Gasteiger partial charge in [-0.3, -0.25) is 4.99 Å². The number of nitrogens with one attached hydrogen (secondary N) is 1. The molecule has 1 atom stereocenters. The average Bonchev–Trinajstić information content (AvgIpc) is 3.06. The van der Waals surface area contributed by atoms with Crippen molar-refractivity contribution in [2.45, 2.75) is 12.6 Å². The minimum Gasteiger partial charge on any atom is -0.494 e. The summed E-state index contributed by atoms with van der Waals surface area (Å²) in [4.78, 5) is 22.1. The second kappa shape index (κ2) is 8.17. The number of methoxy groups -OCH3 is 3. The molecular weight excluding hydrogens is 412 g/mol. The number of hydrogen-bond donors (Lipinski definition) is 1. The van der Waals surface area contributed by atoms with Gasteiger partial charge in [-0.2, -0.15) is 0 Å². The highest BCUT2D eigenvalue weighted by atomic mass is 19.1. The van der Waals surface area contributed by atoms with Crippen LogP contribution in [0.2, 0.25) is 0 Å². The maximum absolute atomic E-state index is 15.2. The SMILES string of the molecule is COc1cc(CN2C3=C(NC=NC3)C(c3c(F)c(OC)cc(OC)c3F)[N+]2=O)ccn1. The molecule has 3 heterocycles. The monoisotopic (exact) mass is 432 g/mol. The van der Waals surface area contributed by atoms with E-state index in [1.54, 1.807) is 18.3 Å². The highest BCUT2D eigenvalue weighted by Crippen LogP contribution is 2.43. The van der Waals surface area contributed by atoms with E-state index in [1.807, 2.05) is 0 Å². The van der Waals surface area contributed by atoms with Gasteiger partial charge in [0, 0.05) is 18.3 Å². The Morgan fingerprint density at radius 2 is 1.87 bits per heavy atom. The molecule has 0 fully saturated rings. The van der Waals surface area contributed by atoms with Crippen molar-refractivity contribution in [3.8, 4) is 17.4 Å². The molecule has 0 radical (unpaired) electrons. The first kappa shape index (κ1) is 20.5. The molecule has 2 aliphatic heterocycles. The zero-order valence-corrected chi connectivity index (χ0v) is 17.1. The summed E-state index contributed by atoms with van der Waals surface area (Å²) in [6.07, 6.45) is 2.95. The fourth-order valence-electron chi connectivity index (χ4n) is 3.64. The molecule has 162 valence electrons. The molecule has 1 aromatic carbocycles. The Hall–Kier alpha value is -3.76. The van der Waals surface area contributed by atoms with E-state index in [2.05, 4.69) is 15.3 Å². The number of nitroso groups, excluding NO2 is 1. The molecule has 0 amide bonds. The molecule has 2 aromatic rings. The van der Waals surface area contributed by atoms with E-state index in [-0.39, 0.29) is 24.6 Å². The minimum absolute atomic E-state index is 0.124. The maximum atomic E-state index is 15.2. The van der Waals surface area contributed by atoms with Crippen LogP contribution in [-0.2, 0) is 6.54 Å². The third-order valence-corrected chi connectivity index (χ3v) is 5.13. The Morgan fingerprint density at radius 3 is 2.52 bits per heavy atom. The fourth-order valence-corrected chi connectivity index (χ4v) is 3.64. The molecule has 0 spiro atoms. The van der Waals surface area contributed by atoms with E-state index in [4.69, 9.17) is 14.2 Å². The highest BCUT2D eigenvalue weighted by Gasteiger charge is 2.52. The predicted octanol–water partition coefficient (Wildman–Crippen LogP) is 2.48. The van der Waals surface area contributed by atoms with Crippen molar-refractivity contribution in [2.75, 3.05) is 27.9 Å². The summed E-state index contributed by atoms with van der Waals surface area (Å²) >= 11 is 0. The number of hydrazine groups is 1. The van der Waals surface area contributed by atoms with E-state index in [0.717, 1.165) is 11.6 Å². The zero-order chi connectivity index (χ0) is 22.1. The van der Waals surface area contributed by atoms with Gasteiger partial charge in [-0.25, -0.2) is 13.8 Å². The van der Waals surface area contributed by atoms with Crippen LogP contribution in [0, 0.1) is 16.5 Å². The van der Waals surface area contributed by atoms with Crippen LogP contribution in [0.1, 0.15) is 17.2 Å². The molecule has 2 aliphatic rings. The Labute approximate surface area is 176 Å². The number of aliphatic imine (C=N–C) groups is 1.